The van der Waals surface area contributed by atoms with Gasteiger partial charge in [0, 0.05) is 0 Å². The van der Waals surface area contributed by atoms with Crippen molar-refractivity contribution < 1.29 is 23.2 Å². The third kappa shape index (κ3) is 5.11. The molecule has 1 unspecified atom stereocenters. The van der Waals surface area contributed by atoms with Crippen LogP contribution >= 0.6 is 0 Å². The molecular weight excluding hydrogens is 369 g/mol. The summed E-state index contributed by atoms with van der Waals surface area (Å²) in [6.45, 7) is 1.92. The molecule has 0 saturated carbocycles. The quantitative estimate of drug-likeness (QED) is 0.589. The molecule has 1 N–H and O–H groups in total. The fourth-order valence-corrected chi connectivity index (χ4v) is 3.50. The van der Waals surface area contributed by atoms with Crippen LogP contribution in [0, 0.1) is 0 Å². The Kier molecular flexibility index (Phi) is 6.36. The van der Waals surface area contributed by atoms with E-state index in [0.29, 0.717) is 10.6 Å². The number of nitrogens with zero attached hydrogens (tertiary/aromatic N) is 2. The highest BCUT2D eigenvalue weighted by molar-refractivity contribution is 5.77. The second-order valence-electron chi connectivity index (χ2n) is 7.02. The van der Waals surface area contributed by atoms with Gasteiger partial charge < -0.3 is 0 Å². The third-order valence-electron chi connectivity index (χ3n) is 5.04. The van der Waals surface area contributed by atoms with Crippen LogP contribution in [0.1, 0.15) is 35.6 Å². The molecule has 1 heterocycles. The molecule has 1 amide bonds. The number of alkyl halides is 3. The average molecular weight is 392 g/mol. The van der Waals surface area contributed by atoms with Crippen molar-refractivity contribution in [3.8, 4) is 0 Å². The molecule has 1 atom stereocenters. The molecule has 2 aromatic rings. The molecule has 1 saturated heterocycles. The van der Waals surface area contributed by atoms with Gasteiger partial charge in [0.25, 0.3) is 0 Å². The molecule has 0 aromatic heterocycles. The van der Waals surface area contributed by atoms with E-state index in [4.69, 9.17) is 0 Å². The fourth-order valence-electron chi connectivity index (χ4n) is 3.50. The standard InChI is InChI=1S/C21H23F3N2O2/c22-21(23,24)18-10-8-16(9-11-18)14-20(27)26(28)15-19(25-12-4-5-13-25)17-6-2-1-3-7-17/h1-3,6-11,19,28H,4-5,12-15H2. The fraction of sp³-hybridized carbons (Fsp3) is 0.381. The van der Waals surface area contributed by atoms with Gasteiger partial charge in [-0.15, -0.1) is 0 Å². The van der Waals surface area contributed by atoms with Gasteiger partial charge in [0.2, 0.25) is 5.91 Å². The van der Waals surface area contributed by atoms with E-state index in [1.165, 1.54) is 12.1 Å². The van der Waals surface area contributed by atoms with Crippen molar-refractivity contribution in [2.24, 2.45) is 0 Å². The highest BCUT2D eigenvalue weighted by Crippen LogP contribution is 2.29. The molecule has 1 fully saturated rings. The van der Waals surface area contributed by atoms with Gasteiger partial charge >= 0.3 is 6.18 Å². The van der Waals surface area contributed by atoms with Crippen molar-refractivity contribution in [2.45, 2.75) is 31.5 Å². The SMILES string of the molecule is O=C(Cc1ccc(C(F)(F)F)cc1)N(O)CC(c1ccccc1)N1CCCC1. The van der Waals surface area contributed by atoms with Crippen LogP contribution in [0.4, 0.5) is 13.2 Å². The summed E-state index contributed by atoms with van der Waals surface area (Å²) in [7, 11) is 0. The molecule has 28 heavy (non-hydrogen) atoms. The number of hydroxylamine groups is 2. The van der Waals surface area contributed by atoms with Crippen LogP contribution in [0.15, 0.2) is 54.6 Å². The van der Waals surface area contributed by atoms with E-state index in [9.17, 15) is 23.2 Å². The van der Waals surface area contributed by atoms with Crippen LogP contribution in [-0.4, -0.2) is 40.7 Å². The average Bonchev–Trinajstić information content (AvgIpc) is 3.20. The molecule has 1 aliphatic rings. The lowest BCUT2D eigenvalue weighted by Gasteiger charge is -2.30. The van der Waals surface area contributed by atoms with Crippen LogP contribution < -0.4 is 0 Å². The summed E-state index contributed by atoms with van der Waals surface area (Å²) in [5.41, 5.74) is 0.683. The Morgan fingerprint density at radius 3 is 2.21 bits per heavy atom. The minimum absolute atomic E-state index is 0.115. The number of carbonyl (C=O) groups is 1. The predicted octanol–water partition coefficient (Wildman–Crippen LogP) is 4.30. The molecule has 0 aliphatic carbocycles. The Labute approximate surface area is 162 Å². The lowest BCUT2D eigenvalue weighted by molar-refractivity contribution is -0.167. The van der Waals surface area contributed by atoms with Gasteiger partial charge in [0.05, 0.1) is 24.6 Å². The molecule has 0 radical (unpaired) electrons. The summed E-state index contributed by atoms with van der Waals surface area (Å²) in [6, 6.07) is 14.0. The first-order valence-corrected chi connectivity index (χ1v) is 9.29. The summed E-state index contributed by atoms with van der Waals surface area (Å²) in [5, 5.41) is 11.0. The molecule has 0 bridgehead atoms. The zero-order valence-corrected chi connectivity index (χ0v) is 15.4. The Morgan fingerprint density at radius 2 is 1.64 bits per heavy atom. The maximum absolute atomic E-state index is 12.6. The molecule has 0 spiro atoms. The zero-order valence-electron chi connectivity index (χ0n) is 15.4. The Balaban J connectivity index is 1.66. The van der Waals surface area contributed by atoms with E-state index in [2.05, 4.69) is 4.90 Å². The summed E-state index contributed by atoms with van der Waals surface area (Å²) in [5.74, 6) is -0.542. The van der Waals surface area contributed by atoms with Gasteiger partial charge in [0.15, 0.2) is 0 Å². The summed E-state index contributed by atoms with van der Waals surface area (Å²) < 4.78 is 37.9. The first-order chi connectivity index (χ1) is 13.3. The van der Waals surface area contributed by atoms with Crippen molar-refractivity contribution in [1.82, 2.24) is 9.96 Å². The van der Waals surface area contributed by atoms with Crippen LogP contribution in [-0.2, 0) is 17.4 Å². The number of likely N-dealkylation sites (tertiary alicyclic amines) is 1. The van der Waals surface area contributed by atoms with Gasteiger partial charge in [-0.2, -0.15) is 13.2 Å². The highest BCUT2D eigenvalue weighted by Gasteiger charge is 2.30. The summed E-state index contributed by atoms with van der Waals surface area (Å²) in [6.07, 6.45) is -2.41. The van der Waals surface area contributed by atoms with Crippen LogP contribution in [0.25, 0.3) is 0 Å². The van der Waals surface area contributed by atoms with E-state index < -0.39 is 17.6 Å². The van der Waals surface area contributed by atoms with E-state index in [1.807, 2.05) is 30.3 Å². The maximum atomic E-state index is 12.6. The van der Waals surface area contributed by atoms with Crippen molar-refractivity contribution in [3.63, 3.8) is 0 Å². The number of carbonyl (C=O) groups excluding carboxylic acids is 1. The van der Waals surface area contributed by atoms with Crippen molar-refractivity contribution in [2.75, 3.05) is 19.6 Å². The number of amides is 1. The number of rotatable bonds is 6. The number of hydrogen-bond donors (Lipinski definition) is 1. The molecule has 3 rings (SSSR count). The molecule has 2 aromatic carbocycles. The number of hydrogen-bond acceptors (Lipinski definition) is 3. The van der Waals surface area contributed by atoms with E-state index in [1.54, 1.807) is 0 Å². The largest absolute Gasteiger partial charge is 0.416 e. The normalized spacial score (nSPS) is 16.1. The number of halogens is 3. The Bertz CT molecular complexity index is 772. The first-order valence-electron chi connectivity index (χ1n) is 9.29. The van der Waals surface area contributed by atoms with Crippen LogP contribution in [0.2, 0.25) is 0 Å². The Morgan fingerprint density at radius 1 is 1.04 bits per heavy atom. The monoisotopic (exact) mass is 392 g/mol. The van der Waals surface area contributed by atoms with E-state index >= 15 is 0 Å². The molecule has 1 aliphatic heterocycles. The Hall–Kier alpha value is -2.38. The highest BCUT2D eigenvalue weighted by atomic mass is 19.4. The molecule has 150 valence electrons. The van der Waals surface area contributed by atoms with E-state index in [-0.39, 0.29) is 19.0 Å². The van der Waals surface area contributed by atoms with Crippen LogP contribution in [0.3, 0.4) is 0 Å². The number of benzene rings is 2. The van der Waals surface area contributed by atoms with Gasteiger partial charge in [-0.25, -0.2) is 5.06 Å². The zero-order chi connectivity index (χ0) is 20.1. The molecule has 7 heteroatoms. The van der Waals surface area contributed by atoms with Crippen LogP contribution in [0.5, 0.6) is 0 Å². The van der Waals surface area contributed by atoms with Gasteiger partial charge in [-0.05, 0) is 49.2 Å². The lowest BCUT2D eigenvalue weighted by atomic mass is 10.0. The summed E-state index contributed by atoms with van der Waals surface area (Å²) >= 11 is 0. The molecule has 4 nitrogen and oxygen atoms in total. The van der Waals surface area contributed by atoms with Crippen molar-refractivity contribution >= 4 is 5.91 Å². The lowest BCUT2D eigenvalue weighted by Crippen LogP contribution is -2.39. The second-order valence-corrected chi connectivity index (χ2v) is 7.02. The van der Waals surface area contributed by atoms with Gasteiger partial charge in [-0.1, -0.05) is 42.5 Å². The first kappa shape index (κ1) is 20.4. The van der Waals surface area contributed by atoms with E-state index in [0.717, 1.165) is 43.6 Å². The predicted molar refractivity (Wildman–Crippen MR) is 98.6 cm³/mol. The van der Waals surface area contributed by atoms with Gasteiger partial charge in [0.1, 0.15) is 0 Å². The minimum Gasteiger partial charge on any atom is -0.294 e. The summed E-state index contributed by atoms with van der Waals surface area (Å²) in [4.78, 5) is 14.7. The van der Waals surface area contributed by atoms with Crippen molar-refractivity contribution in [1.29, 1.82) is 0 Å². The minimum atomic E-state index is -4.41. The smallest absolute Gasteiger partial charge is 0.294 e. The molecular formula is C21H23F3N2O2. The van der Waals surface area contributed by atoms with Crippen molar-refractivity contribution in [3.05, 3.63) is 71.3 Å². The topological polar surface area (TPSA) is 43.8 Å². The maximum Gasteiger partial charge on any atom is 0.416 e. The second kappa shape index (κ2) is 8.75. The third-order valence-corrected chi connectivity index (χ3v) is 5.04. The van der Waals surface area contributed by atoms with Gasteiger partial charge in [-0.3, -0.25) is 14.9 Å².